The molecule has 1 saturated heterocycles. The van der Waals surface area contributed by atoms with Gasteiger partial charge in [-0.25, -0.2) is 9.37 Å². The van der Waals surface area contributed by atoms with Crippen LogP contribution in [0, 0.1) is 5.82 Å². The second-order valence-corrected chi connectivity index (χ2v) is 8.20. The minimum atomic E-state index is -0.209. The maximum Gasteiger partial charge on any atom is 0.228 e. The molecule has 0 atom stereocenters. The van der Waals surface area contributed by atoms with Crippen LogP contribution in [0.15, 0.2) is 48.5 Å². The number of ether oxygens (including phenoxy) is 1. The maximum absolute atomic E-state index is 13.2. The number of nitrogen functional groups attached to an aromatic ring is 1. The van der Waals surface area contributed by atoms with Gasteiger partial charge in [0.2, 0.25) is 5.95 Å². The van der Waals surface area contributed by atoms with Crippen molar-refractivity contribution in [2.24, 2.45) is 7.05 Å². The number of benzene rings is 2. The first-order chi connectivity index (χ1) is 16.0. The van der Waals surface area contributed by atoms with Crippen molar-refractivity contribution in [2.75, 3.05) is 43.9 Å². The lowest BCUT2D eigenvalue weighted by molar-refractivity contribution is 0.248. The summed E-state index contributed by atoms with van der Waals surface area (Å²) in [5, 5.41) is 5.27. The molecule has 5 rings (SSSR count). The van der Waals surface area contributed by atoms with Crippen LogP contribution in [-0.2, 0) is 13.6 Å². The molecular formula is C24H26FN7O. The molecule has 1 aliphatic rings. The van der Waals surface area contributed by atoms with Crippen LogP contribution in [-0.4, -0.2) is 57.9 Å². The van der Waals surface area contributed by atoms with Gasteiger partial charge in [-0.1, -0.05) is 12.1 Å². The van der Waals surface area contributed by atoms with E-state index in [1.807, 2.05) is 43.4 Å². The first kappa shape index (κ1) is 21.1. The van der Waals surface area contributed by atoms with E-state index < -0.39 is 0 Å². The molecule has 9 heteroatoms. The van der Waals surface area contributed by atoms with E-state index in [4.69, 9.17) is 20.4 Å². The molecule has 1 aliphatic heterocycles. The van der Waals surface area contributed by atoms with Gasteiger partial charge in [0, 0.05) is 45.3 Å². The van der Waals surface area contributed by atoms with E-state index in [1.54, 1.807) is 11.8 Å². The van der Waals surface area contributed by atoms with Gasteiger partial charge in [-0.05, 0) is 42.0 Å². The second kappa shape index (κ2) is 8.67. The highest BCUT2D eigenvalue weighted by Crippen LogP contribution is 2.32. The third-order valence-electron chi connectivity index (χ3n) is 6.07. The molecule has 2 N–H and O–H groups in total. The van der Waals surface area contributed by atoms with Crippen molar-refractivity contribution >= 4 is 22.8 Å². The number of fused-ring (bicyclic) bond motifs is 1. The third kappa shape index (κ3) is 4.19. The summed E-state index contributed by atoms with van der Waals surface area (Å²) in [5.74, 6) is 1.75. The zero-order chi connectivity index (χ0) is 22.9. The van der Waals surface area contributed by atoms with E-state index in [0.29, 0.717) is 17.4 Å². The van der Waals surface area contributed by atoms with Crippen LogP contribution in [0.25, 0.3) is 22.3 Å². The summed E-state index contributed by atoms with van der Waals surface area (Å²) in [6.45, 7) is 4.10. The Bertz CT molecular complexity index is 1260. The minimum absolute atomic E-state index is 0.209. The molecule has 0 saturated carbocycles. The molecular weight excluding hydrogens is 421 g/mol. The molecule has 0 amide bonds. The first-order valence-electron chi connectivity index (χ1n) is 10.9. The summed E-state index contributed by atoms with van der Waals surface area (Å²) in [6, 6.07) is 14.4. The summed E-state index contributed by atoms with van der Waals surface area (Å²) in [7, 11) is 3.45. The number of anilines is 2. The highest BCUT2D eigenvalue weighted by Gasteiger charge is 2.23. The Kier molecular flexibility index (Phi) is 5.55. The number of nitrogens with zero attached hydrogens (tertiary/aromatic N) is 6. The zero-order valence-electron chi connectivity index (χ0n) is 18.7. The fourth-order valence-electron chi connectivity index (χ4n) is 4.16. The van der Waals surface area contributed by atoms with Gasteiger partial charge in [0.05, 0.1) is 18.2 Å². The van der Waals surface area contributed by atoms with Gasteiger partial charge in [0.25, 0.3) is 0 Å². The Morgan fingerprint density at radius 1 is 0.970 bits per heavy atom. The predicted octanol–water partition coefficient (Wildman–Crippen LogP) is 3.08. The van der Waals surface area contributed by atoms with Crippen LogP contribution in [0.4, 0.5) is 16.2 Å². The van der Waals surface area contributed by atoms with Crippen molar-refractivity contribution in [3.8, 4) is 17.0 Å². The molecule has 0 aliphatic carbocycles. The van der Waals surface area contributed by atoms with Gasteiger partial charge < -0.3 is 15.4 Å². The third-order valence-corrected chi connectivity index (χ3v) is 6.07. The maximum atomic E-state index is 13.2. The van der Waals surface area contributed by atoms with Crippen molar-refractivity contribution in [3.63, 3.8) is 0 Å². The van der Waals surface area contributed by atoms with E-state index in [0.717, 1.165) is 60.7 Å². The number of halogens is 1. The largest absolute Gasteiger partial charge is 0.497 e. The number of aryl methyl sites for hydroxylation is 1. The lowest BCUT2D eigenvalue weighted by Crippen LogP contribution is -2.46. The Hall–Kier alpha value is -3.72. The van der Waals surface area contributed by atoms with Crippen molar-refractivity contribution in [2.45, 2.75) is 6.54 Å². The molecule has 2 aromatic carbocycles. The molecule has 2 aromatic heterocycles. The fraction of sp³-hybridized carbons (Fsp3) is 0.292. The average molecular weight is 448 g/mol. The average Bonchev–Trinajstić information content (AvgIpc) is 3.14. The topological polar surface area (TPSA) is 85.3 Å². The van der Waals surface area contributed by atoms with Crippen molar-refractivity contribution in [1.29, 1.82) is 0 Å². The Balaban J connectivity index is 1.41. The second-order valence-electron chi connectivity index (χ2n) is 8.20. The highest BCUT2D eigenvalue weighted by atomic mass is 19.1. The molecule has 3 heterocycles. The number of piperazine rings is 1. The number of aromatic nitrogens is 4. The van der Waals surface area contributed by atoms with Crippen LogP contribution in [0.1, 0.15) is 5.56 Å². The van der Waals surface area contributed by atoms with Crippen molar-refractivity contribution in [1.82, 2.24) is 24.6 Å². The molecule has 4 aromatic rings. The van der Waals surface area contributed by atoms with Gasteiger partial charge in [0.1, 0.15) is 17.4 Å². The molecule has 0 spiro atoms. The number of rotatable bonds is 5. The van der Waals surface area contributed by atoms with Gasteiger partial charge in [0.15, 0.2) is 5.65 Å². The summed E-state index contributed by atoms with van der Waals surface area (Å²) in [4.78, 5) is 14.2. The molecule has 0 unspecified atom stereocenters. The minimum Gasteiger partial charge on any atom is -0.497 e. The van der Waals surface area contributed by atoms with Crippen LogP contribution in [0.3, 0.4) is 0 Å². The number of nitrogens with two attached hydrogens (primary N) is 1. The van der Waals surface area contributed by atoms with E-state index >= 15 is 0 Å². The zero-order valence-corrected chi connectivity index (χ0v) is 18.7. The quantitative estimate of drug-likeness (QED) is 0.503. The monoisotopic (exact) mass is 447 g/mol. The van der Waals surface area contributed by atoms with Crippen LogP contribution in [0.5, 0.6) is 5.75 Å². The molecule has 1 fully saturated rings. The van der Waals surface area contributed by atoms with Crippen LogP contribution >= 0.6 is 0 Å². The van der Waals surface area contributed by atoms with Gasteiger partial charge in [-0.15, -0.1) is 0 Å². The fourth-order valence-corrected chi connectivity index (χ4v) is 4.16. The number of hydrogen-bond donors (Lipinski definition) is 1. The lowest BCUT2D eigenvalue weighted by atomic mass is 10.1. The van der Waals surface area contributed by atoms with E-state index in [2.05, 4.69) is 14.9 Å². The summed E-state index contributed by atoms with van der Waals surface area (Å²) < 4.78 is 20.1. The Labute approximate surface area is 191 Å². The van der Waals surface area contributed by atoms with E-state index in [1.165, 1.54) is 12.1 Å². The molecule has 8 nitrogen and oxygen atoms in total. The van der Waals surface area contributed by atoms with Crippen LogP contribution in [0.2, 0.25) is 0 Å². The van der Waals surface area contributed by atoms with Gasteiger partial charge in [-0.3, -0.25) is 9.58 Å². The molecule has 170 valence electrons. The number of methoxy groups -OCH3 is 1. The standard InChI is InChI=1S/C24H26FN7O/c1-30-22(26)20-21(17-5-9-19(33-2)10-6-17)27-24(28-23(20)29-30)32-13-11-31(12-14-32)15-16-3-7-18(25)8-4-16/h3-10H,11-15,26H2,1-2H3. The number of hydrogen-bond acceptors (Lipinski definition) is 7. The summed E-state index contributed by atoms with van der Waals surface area (Å²) in [5.41, 5.74) is 9.69. The van der Waals surface area contributed by atoms with E-state index in [-0.39, 0.29) is 5.82 Å². The summed E-state index contributed by atoms with van der Waals surface area (Å²) >= 11 is 0. The lowest BCUT2D eigenvalue weighted by Gasteiger charge is -2.34. The van der Waals surface area contributed by atoms with Crippen molar-refractivity contribution < 1.29 is 9.13 Å². The van der Waals surface area contributed by atoms with Crippen LogP contribution < -0.4 is 15.4 Å². The van der Waals surface area contributed by atoms with E-state index in [9.17, 15) is 4.39 Å². The smallest absolute Gasteiger partial charge is 0.228 e. The molecule has 33 heavy (non-hydrogen) atoms. The SMILES string of the molecule is COc1ccc(-c2nc(N3CCN(Cc4ccc(F)cc4)CC3)nc3nn(C)c(N)c23)cc1. The molecule has 0 radical (unpaired) electrons. The Morgan fingerprint density at radius 2 is 1.67 bits per heavy atom. The Morgan fingerprint density at radius 3 is 2.33 bits per heavy atom. The van der Waals surface area contributed by atoms with Crippen molar-refractivity contribution in [3.05, 3.63) is 59.9 Å². The predicted molar refractivity (Wildman–Crippen MR) is 127 cm³/mol. The van der Waals surface area contributed by atoms with Gasteiger partial charge >= 0.3 is 0 Å². The highest BCUT2D eigenvalue weighted by molar-refractivity contribution is 5.99. The van der Waals surface area contributed by atoms with Gasteiger partial charge in [-0.2, -0.15) is 10.1 Å². The first-order valence-corrected chi connectivity index (χ1v) is 10.9. The molecule has 0 bridgehead atoms. The summed E-state index contributed by atoms with van der Waals surface area (Å²) in [6.07, 6.45) is 0. The normalized spacial score (nSPS) is 14.7.